The van der Waals surface area contributed by atoms with Gasteiger partial charge in [0.2, 0.25) is 0 Å². The summed E-state index contributed by atoms with van der Waals surface area (Å²) in [5.41, 5.74) is 1.73. The molecular weight excluding hydrogens is 164 g/mol. The SMILES string of the molecule is CC(=O)/C=C(\O)c1cccc(C)c1. The number of aliphatic hydroxyl groups excluding tert-OH is 1. The Morgan fingerprint density at radius 3 is 2.69 bits per heavy atom. The molecule has 0 aromatic heterocycles. The molecule has 0 radical (unpaired) electrons. The number of carbonyl (C=O) groups excluding carboxylic acids is 1. The predicted octanol–water partition coefficient (Wildman–Crippen LogP) is 2.48. The Morgan fingerprint density at radius 2 is 2.15 bits per heavy atom. The van der Waals surface area contributed by atoms with Gasteiger partial charge < -0.3 is 5.11 Å². The van der Waals surface area contributed by atoms with Gasteiger partial charge in [-0.1, -0.05) is 23.8 Å². The molecule has 2 nitrogen and oxygen atoms in total. The van der Waals surface area contributed by atoms with Crippen LogP contribution in [0.2, 0.25) is 0 Å². The van der Waals surface area contributed by atoms with Crippen molar-refractivity contribution in [3.05, 3.63) is 41.5 Å². The van der Waals surface area contributed by atoms with E-state index in [4.69, 9.17) is 0 Å². The van der Waals surface area contributed by atoms with Crippen LogP contribution in [-0.2, 0) is 4.79 Å². The van der Waals surface area contributed by atoms with Crippen molar-refractivity contribution in [2.75, 3.05) is 0 Å². The highest BCUT2D eigenvalue weighted by atomic mass is 16.3. The summed E-state index contributed by atoms with van der Waals surface area (Å²) in [6.07, 6.45) is 1.22. The minimum Gasteiger partial charge on any atom is -0.507 e. The van der Waals surface area contributed by atoms with Gasteiger partial charge >= 0.3 is 0 Å². The molecule has 1 aromatic rings. The van der Waals surface area contributed by atoms with E-state index in [1.54, 1.807) is 6.07 Å². The second kappa shape index (κ2) is 3.90. The van der Waals surface area contributed by atoms with E-state index in [-0.39, 0.29) is 11.5 Å². The Labute approximate surface area is 77.5 Å². The summed E-state index contributed by atoms with van der Waals surface area (Å²) < 4.78 is 0. The maximum Gasteiger partial charge on any atom is 0.156 e. The minimum atomic E-state index is -0.154. The first-order valence-electron chi connectivity index (χ1n) is 4.08. The number of aliphatic hydroxyl groups is 1. The van der Waals surface area contributed by atoms with Crippen LogP contribution in [-0.4, -0.2) is 10.9 Å². The molecule has 0 bridgehead atoms. The zero-order valence-electron chi connectivity index (χ0n) is 7.74. The van der Waals surface area contributed by atoms with E-state index in [0.29, 0.717) is 5.56 Å². The molecule has 0 spiro atoms. The Balaban J connectivity index is 3.02. The molecule has 13 heavy (non-hydrogen) atoms. The fraction of sp³-hybridized carbons (Fsp3) is 0.182. The first kappa shape index (κ1) is 9.52. The summed E-state index contributed by atoms with van der Waals surface area (Å²) in [6.45, 7) is 3.34. The third-order valence-corrected chi connectivity index (χ3v) is 1.65. The molecule has 1 rings (SSSR count). The van der Waals surface area contributed by atoms with Gasteiger partial charge in [-0.25, -0.2) is 0 Å². The topological polar surface area (TPSA) is 37.3 Å². The largest absolute Gasteiger partial charge is 0.507 e. The van der Waals surface area contributed by atoms with Crippen LogP contribution < -0.4 is 0 Å². The second-order valence-electron chi connectivity index (χ2n) is 3.01. The summed E-state index contributed by atoms with van der Waals surface area (Å²) in [5.74, 6) is -0.129. The molecule has 0 fully saturated rings. The first-order chi connectivity index (χ1) is 6.09. The summed E-state index contributed by atoms with van der Waals surface area (Å²) in [4.78, 5) is 10.7. The van der Waals surface area contributed by atoms with E-state index in [1.165, 1.54) is 13.0 Å². The molecule has 0 unspecified atom stereocenters. The Bertz CT molecular complexity index is 351. The lowest BCUT2D eigenvalue weighted by Crippen LogP contribution is -1.88. The van der Waals surface area contributed by atoms with Crippen LogP contribution in [0.5, 0.6) is 0 Å². The van der Waals surface area contributed by atoms with Gasteiger partial charge in [0.25, 0.3) is 0 Å². The molecule has 0 heterocycles. The lowest BCUT2D eigenvalue weighted by atomic mass is 10.1. The van der Waals surface area contributed by atoms with E-state index < -0.39 is 0 Å². The highest BCUT2D eigenvalue weighted by molar-refractivity contribution is 5.93. The predicted molar refractivity (Wildman–Crippen MR) is 52.5 cm³/mol. The molecule has 0 saturated carbocycles. The number of benzene rings is 1. The highest BCUT2D eigenvalue weighted by Gasteiger charge is 1.99. The molecule has 0 aliphatic rings. The number of carbonyl (C=O) groups is 1. The maximum absolute atomic E-state index is 10.7. The van der Waals surface area contributed by atoms with Gasteiger partial charge in [0.1, 0.15) is 5.76 Å². The van der Waals surface area contributed by atoms with Crippen LogP contribution in [0.25, 0.3) is 5.76 Å². The molecule has 0 amide bonds. The number of rotatable bonds is 2. The van der Waals surface area contributed by atoms with Gasteiger partial charge in [-0.2, -0.15) is 0 Å². The van der Waals surface area contributed by atoms with Crippen LogP contribution in [0.15, 0.2) is 30.3 Å². The van der Waals surface area contributed by atoms with Gasteiger partial charge in [0.05, 0.1) is 0 Å². The molecule has 0 saturated heterocycles. The molecule has 1 aromatic carbocycles. The molecule has 2 heteroatoms. The van der Waals surface area contributed by atoms with Gasteiger partial charge in [-0.3, -0.25) is 4.79 Å². The van der Waals surface area contributed by atoms with Crippen LogP contribution in [0.1, 0.15) is 18.1 Å². The third-order valence-electron chi connectivity index (χ3n) is 1.65. The summed E-state index contributed by atoms with van der Waals surface area (Å²) in [5, 5.41) is 9.46. The van der Waals surface area contributed by atoms with Crippen molar-refractivity contribution in [1.29, 1.82) is 0 Å². The fourth-order valence-electron chi connectivity index (χ4n) is 1.08. The monoisotopic (exact) mass is 176 g/mol. The van der Waals surface area contributed by atoms with Gasteiger partial charge in [-0.05, 0) is 19.9 Å². The smallest absolute Gasteiger partial charge is 0.156 e. The van der Waals surface area contributed by atoms with Crippen LogP contribution >= 0.6 is 0 Å². The van der Waals surface area contributed by atoms with Gasteiger partial charge in [-0.15, -0.1) is 0 Å². The van der Waals surface area contributed by atoms with E-state index in [9.17, 15) is 9.90 Å². The fourth-order valence-corrected chi connectivity index (χ4v) is 1.08. The molecule has 68 valence electrons. The van der Waals surface area contributed by atoms with Crippen molar-refractivity contribution in [1.82, 2.24) is 0 Å². The Hall–Kier alpha value is -1.57. The number of allylic oxidation sites excluding steroid dienone is 1. The van der Waals surface area contributed by atoms with Crippen LogP contribution in [0.3, 0.4) is 0 Å². The quantitative estimate of drug-likeness (QED) is 0.555. The average Bonchev–Trinajstić information content (AvgIpc) is 2.03. The van der Waals surface area contributed by atoms with Gasteiger partial charge in [0.15, 0.2) is 5.78 Å². The van der Waals surface area contributed by atoms with Crippen molar-refractivity contribution in [3.8, 4) is 0 Å². The molecule has 0 atom stereocenters. The maximum atomic E-state index is 10.7. The number of ketones is 1. The highest BCUT2D eigenvalue weighted by Crippen LogP contribution is 2.12. The zero-order valence-corrected chi connectivity index (χ0v) is 7.74. The minimum absolute atomic E-state index is 0.0243. The van der Waals surface area contributed by atoms with Crippen molar-refractivity contribution in [2.24, 2.45) is 0 Å². The standard InChI is InChI=1S/C11H12O2/c1-8-4-3-5-10(6-8)11(13)7-9(2)12/h3-7,13H,1-2H3/b11-7-. The molecular formula is C11H12O2. The Kier molecular flexibility index (Phi) is 2.85. The van der Waals surface area contributed by atoms with Crippen molar-refractivity contribution in [3.63, 3.8) is 0 Å². The van der Waals surface area contributed by atoms with E-state index in [0.717, 1.165) is 5.56 Å². The second-order valence-corrected chi connectivity index (χ2v) is 3.01. The number of aryl methyl sites for hydroxylation is 1. The first-order valence-corrected chi connectivity index (χ1v) is 4.08. The number of hydrogen-bond acceptors (Lipinski definition) is 2. The van der Waals surface area contributed by atoms with E-state index >= 15 is 0 Å². The summed E-state index contributed by atoms with van der Waals surface area (Å²) in [7, 11) is 0. The van der Waals surface area contributed by atoms with Crippen molar-refractivity contribution < 1.29 is 9.90 Å². The summed E-state index contributed by atoms with van der Waals surface area (Å²) >= 11 is 0. The zero-order chi connectivity index (χ0) is 9.84. The van der Waals surface area contributed by atoms with E-state index in [1.807, 2.05) is 25.1 Å². The Morgan fingerprint density at radius 1 is 1.46 bits per heavy atom. The lowest BCUT2D eigenvalue weighted by Gasteiger charge is -2.00. The normalized spacial score (nSPS) is 11.4. The van der Waals surface area contributed by atoms with Crippen molar-refractivity contribution in [2.45, 2.75) is 13.8 Å². The lowest BCUT2D eigenvalue weighted by molar-refractivity contribution is -0.112. The third kappa shape index (κ3) is 2.75. The van der Waals surface area contributed by atoms with Crippen molar-refractivity contribution >= 4 is 11.5 Å². The molecule has 0 aliphatic carbocycles. The number of hydrogen-bond donors (Lipinski definition) is 1. The van der Waals surface area contributed by atoms with Gasteiger partial charge in [0, 0.05) is 11.6 Å². The molecule has 0 aliphatic heterocycles. The van der Waals surface area contributed by atoms with Crippen LogP contribution in [0, 0.1) is 6.92 Å². The van der Waals surface area contributed by atoms with Crippen LogP contribution in [0.4, 0.5) is 0 Å². The van der Waals surface area contributed by atoms with E-state index in [2.05, 4.69) is 0 Å². The average molecular weight is 176 g/mol. The summed E-state index contributed by atoms with van der Waals surface area (Å²) in [6, 6.07) is 7.37. The molecule has 1 N–H and O–H groups in total.